The molecule has 3 N–H and O–H groups in total. The molecule has 2 saturated heterocycles. The lowest BCUT2D eigenvalue weighted by Crippen LogP contribution is -2.44. The first-order valence-corrected chi connectivity index (χ1v) is 4.96. The highest BCUT2D eigenvalue weighted by molar-refractivity contribution is 8.14. The fourth-order valence-electron chi connectivity index (χ4n) is 1.54. The van der Waals surface area contributed by atoms with Crippen molar-refractivity contribution in [2.45, 2.75) is 30.4 Å². The lowest BCUT2D eigenvalue weighted by atomic mass is 10.0. The van der Waals surface area contributed by atoms with Crippen LogP contribution in [-0.4, -0.2) is 28.7 Å². The van der Waals surface area contributed by atoms with Crippen molar-refractivity contribution < 1.29 is 14.3 Å². The first-order valence-electron chi connectivity index (χ1n) is 4.09. The van der Waals surface area contributed by atoms with E-state index in [1.807, 2.05) is 0 Å². The van der Waals surface area contributed by atoms with Gasteiger partial charge in [-0.2, -0.15) is 0 Å². The van der Waals surface area contributed by atoms with Crippen molar-refractivity contribution in [3.63, 3.8) is 0 Å². The maximum absolute atomic E-state index is 10.9. The number of hydrogen-bond acceptors (Lipinski definition) is 4. The smallest absolute Gasteiger partial charge is 0.281 e. The van der Waals surface area contributed by atoms with Crippen LogP contribution in [-0.2, 0) is 9.53 Å². The molecule has 2 amide bonds. The first kappa shape index (κ1) is 8.83. The van der Waals surface area contributed by atoms with Crippen molar-refractivity contribution >= 4 is 22.9 Å². The summed E-state index contributed by atoms with van der Waals surface area (Å²) >= 11 is 1.09. The highest BCUT2D eigenvalue weighted by Gasteiger charge is 2.40. The number of ether oxygens (including phenoxy) is 1. The Balaban J connectivity index is 2.01. The number of nitrogens with two attached hydrogens (primary N) is 1. The van der Waals surface area contributed by atoms with E-state index >= 15 is 0 Å². The molecule has 0 aromatic rings. The molecule has 2 aliphatic heterocycles. The molecule has 0 bridgehead atoms. The molecule has 6 heteroatoms. The third-order valence-electron chi connectivity index (χ3n) is 2.21. The van der Waals surface area contributed by atoms with Crippen LogP contribution in [0, 0.1) is 0 Å². The highest BCUT2D eigenvalue weighted by atomic mass is 32.2. The zero-order chi connectivity index (χ0) is 9.42. The van der Waals surface area contributed by atoms with Crippen LogP contribution in [0.4, 0.5) is 4.79 Å². The molecule has 0 aromatic carbocycles. The molecule has 2 fully saturated rings. The van der Waals surface area contributed by atoms with Crippen molar-refractivity contribution in [2.75, 3.05) is 0 Å². The molecule has 0 aromatic heterocycles. The van der Waals surface area contributed by atoms with E-state index in [9.17, 15) is 9.59 Å². The van der Waals surface area contributed by atoms with Crippen molar-refractivity contribution in [1.82, 2.24) is 5.32 Å². The second-order valence-electron chi connectivity index (χ2n) is 3.13. The van der Waals surface area contributed by atoms with Gasteiger partial charge in [-0.1, -0.05) is 0 Å². The second-order valence-corrected chi connectivity index (χ2v) is 4.20. The Labute approximate surface area is 79.4 Å². The summed E-state index contributed by atoms with van der Waals surface area (Å²) in [5.74, 6) is -0.446. The zero-order valence-electron chi connectivity index (χ0n) is 6.86. The van der Waals surface area contributed by atoms with Gasteiger partial charge in [0, 0.05) is 0 Å². The summed E-state index contributed by atoms with van der Waals surface area (Å²) in [7, 11) is 0. The van der Waals surface area contributed by atoms with E-state index in [0.29, 0.717) is 6.42 Å². The maximum Gasteiger partial charge on any atom is 0.281 e. The Morgan fingerprint density at radius 2 is 2.38 bits per heavy atom. The number of fused-ring (bicyclic) bond motifs is 1. The molecule has 0 radical (unpaired) electrons. The number of thioether (sulfide) groups is 1. The van der Waals surface area contributed by atoms with E-state index in [1.54, 1.807) is 0 Å². The molecule has 2 heterocycles. The Hall–Kier alpha value is -0.750. The Kier molecular flexibility index (Phi) is 2.17. The average molecular weight is 202 g/mol. The number of primary amides is 1. The number of amides is 2. The monoisotopic (exact) mass is 202 g/mol. The number of rotatable bonds is 1. The van der Waals surface area contributed by atoms with Crippen LogP contribution in [0.3, 0.4) is 0 Å². The molecule has 2 aliphatic rings. The molecule has 3 unspecified atom stereocenters. The molecule has 72 valence electrons. The van der Waals surface area contributed by atoms with Crippen LogP contribution >= 0.6 is 11.8 Å². The minimum atomic E-state index is -0.526. The summed E-state index contributed by atoms with van der Waals surface area (Å²) in [6.07, 6.45) is 0.829. The van der Waals surface area contributed by atoms with Gasteiger partial charge >= 0.3 is 0 Å². The molecular weight excluding hydrogens is 192 g/mol. The van der Waals surface area contributed by atoms with Gasteiger partial charge in [-0.05, 0) is 24.6 Å². The number of carbonyl (C=O) groups is 2. The third kappa shape index (κ3) is 1.64. The Morgan fingerprint density at radius 3 is 3.08 bits per heavy atom. The predicted molar refractivity (Wildman–Crippen MR) is 47.0 cm³/mol. The topological polar surface area (TPSA) is 81.4 Å². The Morgan fingerprint density at radius 1 is 1.62 bits per heavy atom. The van der Waals surface area contributed by atoms with Crippen molar-refractivity contribution in [1.29, 1.82) is 0 Å². The summed E-state index contributed by atoms with van der Waals surface area (Å²) in [5.41, 5.74) is 4.87. The fraction of sp³-hybridized carbons (Fsp3) is 0.714. The summed E-state index contributed by atoms with van der Waals surface area (Å²) < 4.78 is 5.35. The number of hydrogen-bond donors (Lipinski definition) is 2. The lowest BCUT2D eigenvalue weighted by Gasteiger charge is -2.28. The third-order valence-corrected chi connectivity index (χ3v) is 3.21. The molecule has 0 aliphatic carbocycles. The van der Waals surface area contributed by atoms with Gasteiger partial charge in [-0.15, -0.1) is 0 Å². The summed E-state index contributed by atoms with van der Waals surface area (Å²) in [4.78, 5) is 21.7. The molecule has 3 atom stereocenters. The minimum Gasteiger partial charge on any atom is -0.367 e. The molecule has 2 rings (SSSR count). The number of nitrogens with one attached hydrogen (secondary N) is 1. The van der Waals surface area contributed by atoms with Gasteiger partial charge in [0.05, 0.1) is 6.04 Å². The molecule has 0 saturated carbocycles. The van der Waals surface area contributed by atoms with Crippen LogP contribution in [0.1, 0.15) is 12.8 Å². The van der Waals surface area contributed by atoms with Gasteiger partial charge < -0.3 is 15.8 Å². The first-order chi connectivity index (χ1) is 6.16. The van der Waals surface area contributed by atoms with Gasteiger partial charge in [0.25, 0.3) is 5.24 Å². The van der Waals surface area contributed by atoms with Gasteiger partial charge in [-0.25, -0.2) is 0 Å². The van der Waals surface area contributed by atoms with E-state index in [-0.39, 0.29) is 16.7 Å². The van der Waals surface area contributed by atoms with Gasteiger partial charge in [-0.3, -0.25) is 9.59 Å². The van der Waals surface area contributed by atoms with E-state index < -0.39 is 12.0 Å². The van der Waals surface area contributed by atoms with Crippen LogP contribution < -0.4 is 11.1 Å². The van der Waals surface area contributed by atoms with Crippen molar-refractivity contribution in [2.24, 2.45) is 5.73 Å². The fourth-order valence-corrected chi connectivity index (χ4v) is 2.53. The lowest BCUT2D eigenvalue weighted by molar-refractivity contribution is -0.134. The number of carbonyl (C=O) groups excluding carboxylic acids is 2. The highest BCUT2D eigenvalue weighted by Crippen LogP contribution is 2.32. The average Bonchev–Trinajstić information content (AvgIpc) is 2.42. The molecular formula is C7H10N2O3S. The van der Waals surface area contributed by atoms with Gasteiger partial charge in [0.2, 0.25) is 5.91 Å². The molecule has 13 heavy (non-hydrogen) atoms. The van der Waals surface area contributed by atoms with E-state index in [1.165, 1.54) is 0 Å². The zero-order valence-corrected chi connectivity index (χ0v) is 7.67. The van der Waals surface area contributed by atoms with Crippen LogP contribution in [0.5, 0.6) is 0 Å². The summed E-state index contributed by atoms with van der Waals surface area (Å²) in [6.45, 7) is 0. The maximum atomic E-state index is 10.9. The van der Waals surface area contributed by atoms with Crippen LogP contribution in [0.25, 0.3) is 0 Å². The van der Waals surface area contributed by atoms with Gasteiger partial charge in [0.15, 0.2) is 0 Å². The SMILES string of the molecule is NC(=O)C1CCC2NC(=O)SC2O1. The normalized spacial score (nSPS) is 38.2. The molecule has 0 spiro atoms. The molecule has 5 nitrogen and oxygen atoms in total. The quantitative estimate of drug-likeness (QED) is 0.617. The van der Waals surface area contributed by atoms with Crippen molar-refractivity contribution in [3.05, 3.63) is 0 Å². The Bertz CT molecular complexity index is 258. The van der Waals surface area contributed by atoms with Crippen LogP contribution in [0.15, 0.2) is 0 Å². The summed E-state index contributed by atoms with van der Waals surface area (Å²) in [5, 5.41) is 2.68. The largest absolute Gasteiger partial charge is 0.367 e. The van der Waals surface area contributed by atoms with Crippen molar-refractivity contribution in [3.8, 4) is 0 Å². The standard InChI is InChI=1S/C7H10N2O3S/c8-5(10)4-2-1-3-6(12-4)13-7(11)9-3/h3-4,6H,1-2H2,(H2,8,10)(H,9,11). The van der Waals surface area contributed by atoms with Crippen LogP contribution in [0.2, 0.25) is 0 Å². The van der Waals surface area contributed by atoms with Gasteiger partial charge in [0.1, 0.15) is 11.5 Å². The second kappa shape index (κ2) is 3.19. The summed E-state index contributed by atoms with van der Waals surface area (Å²) in [6, 6.07) is 0.0492. The van der Waals surface area contributed by atoms with E-state index in [0.717, 1.165) is 18.2 Å². The predicted octanol–water partition coefficient (Wildman–Crippen LogP) is -0.198. The van der Waals surface area contributed by atoms with E-state index in [4.69, 9.17) is 10.5 Å². The minimum absolute atomic E-state index is 0.0492. The van der Waals surface area contributed by atoms with E-state index in [2.05, 4.69) is 5.32 Å².